The molecule has 3 N–H and O–H groups in total. The molecule has 2 aromatic heterocycles. The number of hydrogen-bond donors (Lipinski definition) is 2. The first-order chi connectivity index (χ1) is 11.7. The van der Waals surface area contributed by atoms with Gasteiger partial charge in [0, 0.05) is 11.4 Å². The highest BCUT2D eigenvalue weighted by molar-refractivity contribution is 5.89. The Morgan fingerprint density at radius 3 is 2.46 bits per heavy atom. The molecule has 0 saturated carbocycles. The number of benzene rings is 2. The predicted octanol–water partition coefficient (Wildman–Crippen LogP) is 3.45. The fourth-order valence-electron chi connectivity index (χ4n) is 2.52. The van der Waals surface area contributed by atoms with Crippen molar-refractivity contribution in [3.63, 3.8) is 0 Å². The molecule has 0 atom stereocenters. The second-order valence-corrected chi connectivity index (χ2v) is 5.60. The van der Waals surface area contributed by atoms with Crippen LogP contribution in [-0.2, 0) is 0 Å². The van der Waals surface area contributed by atoms with Crippen LogP contribution in [0.25, 0.3) is 16.7 Å². The molecule has 4 aromatic rings. The molecule has 2 aromatic carbocycles. The van der Waals surface area contributed by atoms with Crippen molar-refractivity contribution >= 4 is 28.2 Å². The molecule has 0 aliphatic rings. The minimum atomic E-state index is 0.711. The first-order valence-corrected chi connectivity index (χ1v) is 7.59. The molecular weight excluding hydrogens is 300 g/mol. The first-order valence-electron chi connectivity index (χ1n) is 7.59. The van der Waals surface area contributed by atoms with E-state index in [0.29, 0.717) is 5.82 Å². The SMILES string of the molecule is Cc1ccc(-n2ncc3c(Nc4ccc(N)cc4)ncnc32)cc1. The summed E-state index contributed by atoms with van der Waals surface area (Å²) in [6.45, 7) is 2.06. The van der Waals surface area contributed by atoms with Gasteiger partial charge >= 0.3 is 0 Å². The Hall–Kier alpha value is -3.41. The van der Waals surface area contributed by atoms with Crippen LogP contribution in [0, 0.1) is 6.92 Å². The molecule has 24 heavy (non-hydrogen) atoms. The lowest BCUT2D eigenvalue weighted by atomic mass is 10.2. The van der Waals surface area contributed by atoms with E-state index in [4.69, 9.17) is 5.73 Å². The smallest absolute Gasteiger partial charge is 0.168 e. The van der Waals surface area contributed by atoms with Gasteiger partial charge in [-0.3, -0.25) is 0 Å². The van der Waals surface area contributed by atoms with E-state index < -0.39 is 0 Å². The summed E-state index contributed by atoms with van der Waals surface area (Å²) in [7, 11) is 0. The molecule has 118 valence electrons. The highest BCUT2D eigenvalue weighted by Crippen LogP contribution is 2.25. The van der Waals surface area contributed by atoms with E-state index in [-0.39, 0.29) is 0 Å². The quantitative estimate of drug-likeness (QED) is 0.566. The number of rotatable bonds is 3. The van der Waals surface area contributed by atoms with Gasteiger partial charge in [0.15, 0.2) is 5.65 Å². The number of aryl methyl sites for hydroxylation is 1. The summed E-state index contributed by atoms with van der Waals surface area (Å²) in [6, 6.07) is 15.7. The third-order valence-corrected chi connectivity index (χ3v) is 3.82. The highest BCUT2D eigenvalue weighted by Gasteiger charge is 2.11. The Balaban J connectivity index is 1.76. The first kappa shape index (κ1) is 14.2. The van der Waals surface area contributed by atoms with Crippen LogP contribution < -0.4 is 11.1 Å². The van der Waals surface area contributed by atoms with Crippen molar-refractivity contribution in [2.45, 2.75) is 6.92 Å². The molecule has 0 aliphatic heterocycles. The maximum absolute atomic E-state index is 5.72. The molecule has 0 amide bonds. The Morgan fingerprint density at radius 2 is 1.71 bits per heavy atom. The molecule has 0 unspecified atom stereocenters. The van der Waals surface area contributed by atoms with Gasteiger partial charge in [-0.2, -0.15) is 5.10 Å². The van der Waals surface area contributed by atoms with Crippen LogP contribution in [0.4, 0.5) is 17.2 Å². The molecule has 0 fully saturated rings. The zero-order valence-electron chi connectivity index (χ0n) is 13.1. The highest BCUT2D eigenvalue weighted by atomic mass is 15.3. The largest absolute Gasteiger partial charge is 0.399 e. The molecular formula is C18H16N6. The molecule has 0 radical (unpaired) electrons. The number of aromatic nitrogens is 4. The van der Waals surface area contributed by atoms with Crippen molar-refractivity contribution in [1.29, 1.82) is 0 Å². The topological polar surface area (TPSA) is 81.7 Å². The van der Waals surface area contributed by atoms with E-state index in [9.17, 15) is 0 Å². The number of nitrogens with one attached hydrogen (secondary N) is 1. The van der Waals surface area contributed by atoms with Crippen molar-refractivity contribution in [2.75, 3.05) is 11.1 Å². The Kier molecular flexibility index (Phi) is 3.35. The number of hydrogen-bond acceptors (Lipinski definition) is 5. The molecule has 6 nitrogen and oxygen atoms in total. The van der Waals surface area contributed by atoms with E-state index in [1.807, 2.05) is 41.1 Å². The summed E-state index contributed by atoms with van der Waals surface area (Å²) in [5.41, 5.74) is 10.3. The third-order valence-electron chi connectivity index (χ3n) is 3.82. The molecule has 4 rings (SSSR count). The van der Waals surface area contributed by atoms with Crippen LogP contribution in [0.3, 0.4) is 0 Å². The second-order valence-electron chi connectivity index (χ2n) is 5.60. The lowest BCUT2D eigenvalue weighted by Gasteiger charge is -2.07. The molecule has 0 saturated heterocycles. The zero-order valence-corrected chi connectivity index (χ0v) is 13.1. The molecule has 2 heterocycles. The monoisotopic (exact) mass is 316 g/mol. The summed E-state index contributed by atoms with van der Waals surface area (Å²) in [6.07, 6.45) is 3.31. The number of nitrogens with zero attached hydrogens (tertiary/aromatic N) is 4. The third kappa shape index (κ3) is 2.54. The standard InChI is InChI=1S/C18H16N6/c1-12-2-8-15(9-3-12)24-18-16(10-22-24)17(20-11-21-18)23-14-6-4-13(19)5-7-14/h2-11H,19H2,1H3,(H,20,21,23). The predicted molar refractivity (Wildman–Crippen MR) is 95.5 cm³/mol. The Morgan fingerprint density at radius 1 is 0.958 bits per heavy atom. The van der Waals surface area contributed by atoms with Crippen LogP contribution in [0.1, 0.15) is 5.56 Å². The van der Waals surface area contributed by atoms with Gasteiger partial charge in [-0.15, -0.1) is 0 Å². The normalized spacial score (nSPS) is 10.9. The fraction of sp³-hybridized carbons (Fsp3) is 0.0556. The minimum absolute atomic E-state index is 0.711. The van der Waals surface area contributed by atoms with Crippen molar-refractivity contribution < 1.29 is 0 Å². The summed E-state index contributed by atoms with van der Waals surface area (Å²) < 4.78 is 1.81. The molecule has 0 spiro atoms. The minimum Gasteiger partial charge on any atom is -0.399 e. The molecule has 6 heteroatoms. The van der Waals surface area contributed by atoms with Crippen molar-refractivity contribution in [2.24, 2.45) is 0 Å². The number of fused-ring (bicyclic) bond motifs is 1. The summed E-state index contributed by atoms with van der Waals surface area (Å²) >= 11 is 0. The van der Waals surface area contributed by atoms with Crippen molar-refractivity contribution in [1.82, 2.24) is 19.7 Å². The van der Waals surface area contributed by atoms with Crippen LogP contribution in [0.15, 0.2) is 61.1 Å². The van der Waals surface area contributed by atoms with Gasteiger partial charge in [0.25, 0.3) is 0 Å². The average Bonchev–Trinajstić information content (AvgIpc) is 3.03. The van der Waals surface area contributed by atoms with E-state index in [0.717, 1.165) is 28.1 Å². The maximum Gasteiger partial charge on any atom is 0.168 e. The van der Waals surface area contributed by atoms with Crippen LogP contribution in [-0.4, -0.2) is 19.7 Å². The van der Waals surface area contributed by atoms with Crippen molar-refractivity contribution in [3.05, 3.63) is 66.6 Å². The van der Waals surface area contributed by atoms with E-state index in [2.05, 4.69) is 39.4 Å². The van der Waals surface area contributed by atoms with Gasteiger partial charge in [-0.25, -0.2) is 14.6 Å². The molecule has 0 aliphatic carbocycles. The van der Waals surface area contributed by atoms with Gasteiger partial charge in [-0.1, -0.05) is 17.7 Å². The van der Waals surface area contributed by atoms with E-state index in [1.165, 1.54) is 11.9 Å². The fourth-order valence-corrected chi connectivity index (χ4v) is 2.52. The Labute approximate surface area is 139 Å². The Bertz CT molecular complexity index is 986. The summed E-state index contributed by atoms with van der Waals surface area (Å²) in [4.78, 5) is 8.72. The molecule has 0 bridgehead atoms. The second kappa shape index (κ2) is 5.66. The van der Waals surface area contributed by atoms with Gasteiger partial charge in [-0.05, 0) is 43.3 Å². The number of nitrogen functional groups attached to an aromatic ring is 1. The van der Waals surface area contributed by atoms with Crippen LogP contribution >= 0.6 is 0 Å². The van der Waals surface area contributed by atoms with Crippen LogP contribution in [0.5, 0.6) is 0 Å². The average molecular weight is 316 g/mol. The van der Waals surface area contributed by atoms with Gasteiger partial charge in [0.05, 0.1) is 17.3 Å². The number of nitrogens with two attached hydrogens (primary N) is 1. The van der Waals surface area contributed by atoms with Gasteiger partial charge in [0.2, 0.25) is 0 Å². The van der Waals surface area contributed by atoms with E-state index >= 15 is 0 Å². The van der Waals surface area contributed by atoms with Gasteiger partial charge < -0.3 is 11.1 Å². The summed E-state index contributed by atoms with van der Waals surface area (Å²) in [5.74, 6) is 0.711. The van der Waals surface area contributed by atoms with Gasteiger partial charge in [0.1, 0.15) is 12.1 Å². The van der Waals surface area contributed by atoms with Crippen molar-refractivity contribution in [3.8, 4) is 5.69 Å². The zero-order chi connectivity index (χ0) is 16.5. The maximum atomic E-state index is 5.72. The summed E-state index contributed by atoms with van der Waals surface area (Å²) in [5, 5.41) is 8.61. The lowest BCUT2D eigenvalue weighted by molar-refractivity contribution is 0.894. The van der Waals surface area contributed by atoms with Crippen LogP contribution in [0.2, 0.25) is 0 Å². The number of anilines is 3. The van der Waals surface area contributed by atoms with E-state index in [1.54, 1.807) is 6.20 Å². The lowest BCUT2D eigenvalue weighted by Crippen LogP contribution is -1.99.